The van der Waals surface area contributed by atoms with Crippen molar-refractivity contribution in [3.63, 3.8) is 0 Å². The quantitative estimate of drug-likeness (QED) is 0.625. The van der Waals surface area contributed by atoms with Crippen LogP contribution in [0.25, 0.3) is 11.3 Å². The van der Waals surface area contributed by atoms with Gasteiger partial charge in [0.15, 0.2) is 0 Å². The van der Waals surface area contributed by atoms with Crippen molar-refractivity contribution in [2.24, 2.45) is 5.73 Å². The molecular formula is C19H23F4N3O2. The molecule has 5 nitrogen and oxygen atoms in total. The number of pyridine rings is 2. The molecule has 0 aliphatic heterocycles. The molecule has 2 rings (SSSR count). The first-order valence-corrected chi connectivity index (χ1v) is 8.61. The number of aromatic nitrogens is 2. The van der Waals surface area contributed by atoms with Crippen molar-refractivity contribution in [2.75, 3.05) is 13.7 Å². The molecular weight excluding hydrogens is 378 g/mol. The van der Waals surface area contributed by atoms with Crippen LogP contribution in [0.1, 0.15) is 44.5 Å². The summed E-state index contributed by atoms with van der Waals surface area (Å²) in [6.45, 7) is 3.55. The van der Waals surface area contributed by atoms with Crippen LogP contribution >= 0.6 is 0 Å². The van der Waals surface area contributed by atoms with Gasteiger partial charge in [-0.1, -0.05) is 0 Å². The third kappa shape index (κ3) is 5.87. The predicted octanol–water partition coefficient (Wildman–Crippen LogP) is 4.54. The van der Waals surface area contributed by atoms with Gasteiger partial charge in [-0.2, -0.15) is 0 Å². The lowest BCUT2D eigenvalue weighted by Gasteiger charge is -2.27. The standard InChI is InChI=1S/C19H23F4N3O2/c1-11(27-3)9-19(2,24)10-28-15-5-4-13(26-16(15)18(22)23)12-6-7-25-14(8-12)17(20)21/h4-8,11,17-18H,9-10,24H2,1-3H3. The van der Waals surface area contributed by atoms with Crippen LogP contribution < -0.4 is 10.5 Å². The summed E-state index contributed by atoms with van der Waals surface area (Å²) in [5.74, 6) is -0.108. The van der Waals surface area contributed by atoms with Gasteiger partial charge in [0.05, 0.1) is 11.8 Å². The molecule has 2 unspecified atom stereocenters. The van der Waals surface area contributed by atoms with Crippen molar-refractivity contribution >= 4 is 0 Å². The van der Waals surface area contributed by atoms with Crippen LogP contribution in [0.2, 0.25) is 0 Å². The largest absolute Gasteiger partial charge is 0.490 e. The van der Waals surface area contributed by atoms with E-state index in [2.05, 4.69) is 9.97 Å². The molecule has 0 bridgehead atoms. The van der Waals surface area contributed by atoms with Gasteiger partial charge in [0.2, 0.25) is 0 Å². The highest BCUT2D eigenvalue weighted by Gasteiger charge is 2.25. The SMILES string of the molecule is COC(C)CC(C)(N)COc1ccc(-c2ccnc(C(F)F)c2)nc1C(F)F. The van der Waals surface area contributed by atoms with Crippen LogP contribution in [0.5, 0.6) is 5.75 Å². The molecule has 154 valence electrons. The van der Waals surface area contributed by atoms with E-state index in [-0.39, 0.29) is 29.7 Å². The molecule has 0 fully saturated rings. The summed E-state index contributed by atoms with van der Waals surface area (Å²) in [5.41, 5.74) is 4.69. The molecule has 2 aromatic heterocycles. The van der Waals surface area contributed by atoms with Crippen LogP contribution in [0.3, 0.4) is 0 Å². The third-order valence-electron chi connectivity index (χ3n) is 4.11. The fourth-order valence-corrected chi connectivity index (χ4v) is 2.67. The van der Waals surface area contributed by atoms with Gasteiger partial charge >= 0.3 is 0 Å². The summed E-state index contributed by atoms with van der Waals surface area (Å²) < 4.78 is 63.3. The Kier molecular flexibility index (Phi) is 7.31. The number of alkyl halides is 4. The Morgan fingerprint density at radius 3 is 2.46 bits per heavy atom. The van der Waals surface area contributed by atoms with E-state index in [4.69, 9.17) is 15.2 Å². The van der Waals surface area contributed by atoms with E-state index in [1.54, 1.807) is 14.0 Å². The fraction of sp³-hybridized carbons (Fsp3) is 0.474. The van der Waals surface area contributed by atoms with E-state index in [9.17, 15) is 17.6 Å². The number of nitrogens with two attached hydrogens (primary N) is 1. The Morgan fingerprint density at radius 2 is 1.86 bits per heavy atom. The predicted molar refractivity (Wildman–Crippen MR) is 96.6 cm³/mol. The number of hydrogen-bond acceptors (Lipinski definition) is 5. The summed E-state index contributed by atoms with van der Waals surface area (Å²) in [6.07, 6.45) is -4.15. The highest BCUT2D eigenvalue weighted by atomic mass is 19.3. The lowest BCUT2D eigenvalue weighted by atomic mass is 9.97. The van der Waals surface area contributed by atoms with Crippen molar-refractivity contribution in [1.29, 1.82) is 0 Å². The second-order valence-corrected chi connectivity index (χ2v) is 6.84. The first kappa shape index (κ1) is 22.0. The monoisotopic (exact) mass is 401 g/mol. The molecule has 2 aromatic rings. The zero-order valence-corrected chi connectivity index (χ0v) is 15.8. The Hall–Kier alpha value is -2.26. The Labute approximate surface area is 160 Å². The highest BCUT2D eigenvalue weighted by Crippen LogP contribution is 2.31. The molecule has 0 saturated heterocycles. The molecule has 0 radical (unpaired) electrons. The smallest absolute Gasteiger partial charge is 0.284 e. The molecule has 0 amide bonds. The molecule has 0 aliphatic carbocycles. The molecule has 0 aliphatic rings. The van der Waals surface area contributed by atoms with Crippen LogP contribution in [0, 0.1) is 0 Å². The molecule has 2 atom stereocenters. The van der Waals surface area contributed by atoms with Crippen molar-refractivity contribution in [3.8, 4) is 17.0 Å². The number of rotatable bonds is 9. The minimum atomic E-state index is -2.91. The van der Waals surface area contributed by atoms with Crippen molar-refractivity contribution in [3.05, 3.63) is 41.9 Å². The van der Waals surface area contributed by atoms with Crippen LogP contribution in [-0.2, 0) is 4.74 Å². The molecule has 2 N–H and O–H groups in total. The minimum absolute atomic E-state index is 0.0216. The summed E-state index contributed by atoms with van der Waals surface area (Å²) in [7, 11) is 1.55. The van der Waals surface area contributed by atoms with Gasteiger partial charge in [0, 0.05) is 24.4 Å². The van der Waals surface area contributed by atoms with E-state index in [1.807, 2.05) is 6.92 Å². The van der Waals surface area contributed by atoms with Gasteiger partial charge in [-0.25, -0.2) is 22.5 Å². The maximum absolute atomic E-state index is 13.5. The zero-order valence-electron chi connectivity index (χ0n) is 15.8. The second-order valence-electron chi connectivity index (χ2n) is 6.84. The summed E-state index contributed by atoms with van der Waals surface area (Å²) >= 11 is 0. The number of halogens is 4. The summed E-state index contributed by atoms with van der Waals surface area (Å²) in [4.78, 5) is 7.46. The van der Waals surface area contributed by atoms with Gasteiger partial charge in [0.1, 0.15) is 23.7 Å². The van der Waals surface area contributed by atoms with Gasteiger partial charge in [-0.3, -0.25) is 4.98 Å². The van der Waals surface area contributed by atoms with Crippen LogP contribution in [0.15, 0.2) is 30.5 Å². The summed E-state index contributed by atoms with van der Waals surface area (Å²) in [6, 6.07) is 5.30. The second kappa shape index (κ2) is 9.29. The molecule has 9 heteroatoms. The van der Waals surface area contributed by atoms with Gasteiger partial charge in [-0.15, -0.1) is 0 Å². The van der Waals surface area contributed by atoms with Crippen molar-refractivity contribution < 1.29 is 27.0 Å². The molecule has 0 spiro atoms. The Balaban J connectivity index is 2.25. The van der Waals surface area contributed by atoms with Gasteiger partial charge < -0.3 is 15.2 Å². The number of hydrogen-bond donors (Lipinski definition) is 1. The topological polar surface area (TPSA) is 70.3 Å². The number of methoxy groups -OCH3 is 1. The third-order valence-corrected chi connectivity index (χ3v) is 4.11. The molecule has 28 heavy (non-hydrogen) atoms. The van der Waals surface area contributed by atoms with E-state index < -0.39 is 29.8 Å². The molecule has 0 aromatic carbocycles. The number of nitrogens with zero attached hydrogens (tertiary/aromatic N) is 2. The first-order valence-electron chi connectivity index (χ1n) is 8.61. The highest BCUT2D eigenvalue weighted by molar-refractivity contribution is 5.60. The number of ether oxygens (including phenoxy) is 2. The average molecular weight is 401 g/mol. The lowest BCUT2D eigenvalue weighted by molar-refractivity contribution is 0.0766. The maximum atomic E-state index is 13.5. The van der Waals surface area contributed by atoms with E-state index in [1.165, 1.54) is 24.4 Å². The Morgan fingerprint density at radius 1 is 1.14 bits per heavy atom. The Bertz CT molecular complexity index is 788. The van der Waals surface area contributed by atoms with E-state index >= 15 is 0 Å². The lowest BCUT2D eigenvalue weighted by Crippen LogP contribution is -2.45. The maximum Gasteiger partial charge on any atom is 0.284 e. The minimum Gasteiger partial charge on any atom is -0.490 e. The van der Waals surface area contributed by atoms with Crippen LogP contribution in [-0.4, -0.2) is 35.3 Å². The van der Waals surface area contributed by atoms with Gasteiger partial charge in [-0.05, 0) is 44.5 Å². The fourth-order valence-electron chi connectivity index (χ4n) is 2.67. The van der Waals surface area contributed by atoms with E-state index in [0.717, 1.165) is 6.07 Å². The van der Waals surface area contributed by atoms with Crippen LogP contribution in [0.4, 0.5) is 17.6 Å². The first-order chi connectivity index (χ1) is 13.1. The molecule has 0 saturated carbocycles. The van der Waals surface area contributed by atoms with E-state index in [0.29, 0.717) is 6.42 Å². The van der Waals surface area contributed by atoms with Gasteiger partial charge in [0.25, 0.3) is 12.9 Å². The summed E-state index contributed by atoms with van der Waals surface area (Å²) in [5, 5.41) is 0. The normalized spacial score (nSPS) is 14.9. The molecule has 2 heterocycles. The van der Waals surface area contributed by atoms with Crippen molar-refractivity contribution in [2.45, 2.75) is 44.8 Å². The zero-order chi connectivity index (χ0) is 20.9. The van der Waals surface area contributed by atoms with Crippen molar-refractivity contribution in [1.82, 2.24) is 9.97 Å². The average Bonchev–Trinajstić information content (AvgIpc) is 2.65.